The topological polar surface area (TPSA) is 79.2 Å². The predicted octanol–water partition coefficient (Wildman–Crippen LogP) is 2.80. The van der Waals surface area contributed by atoms with E-state index in [0.717, 1.165) is 24.2 Å². The minimum absolute atomic E-state index is 0.275. The molecule has 0 radical (unpaired) electrons. The van der Waals surface area contributed by atoms with Crippen LogP contribution in [-0.2, 0) is 19.5 Å². The van der Waals surface area contributed by atoms with Crippen LogP contribution in [0.25, 0.3) is 11.3 Å². The summed E-state index contributed by atoms with van der Waals surface area (Å²) >= 11 is 0. The van der Waals surface area contributed by atoms with Crippen LogP contribution in [0.15, 0.2) is 55.2 Å². The second kappa shape index (κ2) is 7.01. The fourth-order valence-corrected chi connectivity index (χ4v) is 3.45. The maximum atomic E-state index is 11.9. The first-order valence-electron chi connectivity index (χ1n) is 8.48. The van der Waals surface area contributed by atoms with E-state index >= 15 is 0 Å². The molecule has 0 aliphatic carbocycles. The van der Waals surface area contributed by atoms with Crippen LogP contribution in [-0.4, -0.2) is 37.5 Å². The van der Waals surface area contributed by atoms with E-state index in [-0.39, 0.29) is 5.56 Å². The van der Waals surface area contributed by atoms with Crippen molar-refractivity contribution in [3.8, 4) is 11.3 Å². The Morgan fingerprint density at radius 1 is 1.12 bits per heavy atom. The van der Waals surface area contributed by atoms with Gasteiger partial charge in [0.05, 0.1) is 11.3 Å². The number of nitrogens with zero attached hydrogens (tertiary/aromatic N) is 4. The van der Waals surface area contributed by atoms with E-state index in [4.69, 9.17) is 0 Å². The Balaban J connectivity index is 1.67. The van der Waals surface area contributed by atoms with E-state index in [2.05, 4.69) is 32.0 Å². The Kier molecular flexibility index (Phi) is 4.41. The van der Waals surface area contributed by atoms with E-state index in [1.54, 1.807) is 18.6 Å². The monoisotopic (exact) mass is 346 g/mol. The SMILES string of the molecule is O=C(O)c1c(-c2cncnc2)ncc2c1CCN(Cc1ccccc1)C2. The third-order valence-corrected chi connectivity index (χ3v) is 4.64. The summed E-state index contributed by atoms with van der Waals surface area (Å²) in [6, 6.07) is 10.3. The number of carboxylic acid groups (broad SMARTS) is 1. The Labute approximate surface area is 151 Å². The Bertz CT molecular complexity index is 929. The molecule has 3 aromatic rings. The summed E-state index contributed by atoms with van der Waals surface area (Å²) in [7, 11) is 0. The van der Waals surface area contributed by atoms with Gasteiger partial charge >= 0.3 is 5.97 Å². The van der Waals surface area contributed by atoms with E-state index in [9.17, 15) is 9.90 Å². The van der Waals surface area contributed by atoms with Gasteiger partial charge in [-0.05, 0) is 23.1 Å². The molecule has 0 unspecified atom stereocenters. The normalized spacial score (nSPS) is 14.0. The number of rotatable bonds is 4. The van der Waals surface area contributed by atoms with Crippen molar-refractivity contribution in [3.63, 3.8) is 0 Å². The molecule has 0 saturated carbocycles. The van der Waals surface area contributed by atoms with Crippen molar-refractivity contribution in [1.82, 2.24) is 19.9 Å². The van der Waals surface area contributed by atoms with Gasteiger partial charge in [-0.2, -0.15) is 0 Å². The summed E-state index contributed by atoms with van der Waals surface area (Å²) < 4.78 is 0. The second-order valence-corrected chi connectivity index (χ2v) is 6.36. The number of pyridine rings is 1. The number of aromatic carboxylic acids is 1. The molecule has 0 fully saturated rings. The summed E-state index contributed by atoms with van der Waals surface area (Å²) in [5, 5.41) is 9.79. The van der Waals surface area contributed by atoms with Gasteiger partial charge < -0.3 is 5.11 Å². The quantitative estimate of drug-likeness (QED) is 0.782. The summed E-state index contributed by atoms with van der Waals surface area (Å²) in [6.07, 6.45) is 7.09. The van der Waals surface area contributed by atoms with Crippen LogP contribution >= 0.6 is 0 Å². The van der Waals surface area contributed by atoms with Crippen LogP contribution in [0.5, 0.6) is 0 Å². The average molecular weight is 346 g/mol. The van der Waals surface area contributed by atoms with Crippen LogP contribution in [0, 0.1) is 0 Å². The number of hydrogen-bond donors (Lipinski definition) is 1. The molecule has 4 rings (SSSR count). The van der Waals surface area contributed by atoms with Gasteiger partial charge in [-0.25, -0.2) is 14.8 Å². The van der Waals surface area contributed by atoms with Crippen molar-refractivity contribution < 1.29 is 9.90 Å². The molecular weight excluding hydrogens is 328 g/mol. The van der Waals surface area contributed by atoms with E-state index in [0.29, 0.717) is 24.2 Å². The molecule has 0 amide bonds. The Morgan fingerprint density at radius 3 is 2.62 bits per heavy atom. The van der Waals surface area contributed by atoms with Crippen molar-refractivity contribution >= 4 is 5.97 Å². The van der Waals surface area contributed by atoms with Crippen LogP contribution < -0.4 is 0 Å². The molecule has 1 aromatic carbocycles. The number of benzene rings is 1. The van der Waals surface area contributed by atoms with Gasteiger partial charge in [-0.15, -0.1) is 0 Å². The maximum Gasteiger partial charge on any atom is 0.338 e. The molecule has 1 aliphatic heterocycles. The molecule has 0 saturated heterocycles. The molecule has 3 heterocycles. The molecular formula is C20H18N4O2. The first kappa shape index (κ1) is 16.4. The average Bonchev–Trinajstić information content (AvgIpc) is 2.68. The second-order valence-electron chi connectivity index (χ2n) is 6.36. The van der Waals surface area contributed by atoms with Gasteiger partial charge in [0.15, 0.2) is 0 Å². The molecule has 6 heteroatoms. The lowest BCUT2D eigenvalue weighted by molar-refractivity contribution is 0.0695. The number of carbonyl (C=O) groups is 1. The minimum atomic E-state index is -0.954. The highest BCUT2D eigenvalue weighted by Crippen LogP contribution is 2.29. The third-order valence-electron chi connectivity index (χ3n) is 4.64. The lowest BCUT2D eigenvalue weighted by atomic mass is 9.93. The molecule has 1 aliphatic rings. The van der Waals surface area contributed by atoms with Crippen LogP contribution in [0.3, 0.4) is 0 Å². The molecule has 0 bridgehead atoms. The summed E-state index contributed by atoms with van der Waals surface area (Å²) in [5.74, 6) is -0.954. The summed E-state index contributed by atoms with van der Waals surface area (Å²) in [5.41, 5.74) is 4.44. The van der Waals surface area contributed by atoms with Crippen LogP contribution in [0.2, 0.25) is 0 Å². The standard InChI is InChI=1S/C20H18N4O2/c25-20(26)18-17-6-7-24(11-14-4-2-1-3-5-14)12-16(17)10-23-19(18)15-8-21-13-22-9-15/h1-5,8-10,13H,6-7,11-12H2,(H,25,26). The molecule has 6 nitrogen and oxygen atoms in total. The van der Waals surface area contributed by atoms with Gasteiger partial charge in [0.1, 0.15) is 6.33 Å². The highest BCUT2D eigenvalue weighted by atomic mass is 16.4. The molecule has 0 spiro atoms. The zero-order valence-electron chi connectivity index (χ0n) is 14.2. The van der Waals surface area contributed by atoms with Gasteiger partial charge in [0, 0.05) is 43.8 Å². The predicted molar refractivity (Wildman–Crippen MR) is 96.5 cm³/mol. The van der Waals surface area contributed by atoms with Crippen LogP contribution in [0.4, 0.5) is 0 Å². The summed E-state index contributed by atoms with van der Waals surface area (Å²) in [6.45, 7) is 2.36. The molecule has 2 aromatic heterocycles. The highest BCUT2D eigenvalue weighted by Gasteiger charge is 2.26. The van der Waals surface area contributed by atoms with Crippen molar-refractivity contribution in [2.75, 3.05) is 6.54 Å². The first-order chi connectivity index (χ1) is 12.7. The largest absolute Gasteiger partial charge is 0.478 e. The van der Waals surface area contributed by atoms with Crippen molar-refractivity contribution in [2.45, 2.75) is 19.5 Å². The number of fused-ring (bicyclic) bond motifs is 1. The zero-order chi connectivity index (χ0) is 17.9. The van der Waals surface area contributed by atoms with Crippen molar-refractivity contribution in [2.24, 2.45) is 0 Å². The highest BCUT2D eigenvalue weighted by molar-refractivity contribution is 5.96. The number of hydrogen-bond acceptors (Lipinski definition) is 5. The molecule has 130 valence electrons. The number of aromatic nitrogens is 3. The zero-order valence-corrected chi connectivity index (χ0v) is 14.2. The first-order valence-corrected chi connectivity index (χ1v) is 8.48. The molecule has 26 heavy (non-hydrogen) atoms. The fourth-order valence-electron chi connectivity index (χ4n) is 3.45. The molecule has 1 N–H and O–H groups in total. The number of carboxylic acids is 1. The van der Waals surface area contributed by atoms with Gasteiger partial charge in [0.25, 0.3) is 0 Å². The fraction of sp³-hybridized carbons (Fsp3) is 0.200. The lowest BCUT2D eigenvalue weighted by Gasteiger charge is -2.30. The molecule has 0 atom stereocenters. The maximum absolute atomic E-state index is 11.9. The van der Waals surface area contributed by atoms with Crippen molar-refractivity contribution in [3.05, 3.63) is 77.5 Å². The van der Waals surface area contributed by atoms with E-state index in [1.165, 1.54) is 11.9 Å². The van der Waals surface area contributed by atoms with Gasteiger partial charge in [-0.1, -0.05) is 30.3 Å². The minimum Gasteiger partial charge on any atom is -0.478 e. The Hall–Kier alpha value is -3.12. The van der Waals surface area contributed by atoms with E-state index in [1.807, 2.05) is 18.2 Å². The smallest absolute Gasteiger partial charge is 0.338 e. The van der Waals surface area contributed by atoms with Crippen LogP contribution in [0.1, 0.15) is 27.0 Å². The van der Waals surface area contributed by atoms with Gasteiger partial charge in [-0.3, -0.25) is 9.88 Å². The van der Waals surface area contributed by atoms with Gasteiger partial charge in [0.2, 0.25) is 0 Å². The lowest BCUT2D eigenvalue weighted by Crippen LogP contribution is -2.31. The Morgan fingerprint density at radius 2 is 1.88 bits per heavy atom. The third kappa shape index (κ3) is 3.19. The van der Waals surface area contributed by atoms with Crippen molar-refractivity contribution in [1.29, 1.82) is 0 Å². The summed E-state index contributed by atoms with van der Waals surface area (Å²) in [4.78, 5) is 26.7. The van der Waals surface area contributed by atoms with E-state index < -0.39 is 5.97 Å².